The summed E-state index contributed by atoms with van der Waals surface area (Å²) >= 11 is 1.47. The molecule has 4 aromatic heterocycles. The van der Waals surface area contributed by atoms with Gasteiger partial charge in [-0.15, -0.1) is 11.3 Å². The molecule has 0 saturated heterocycles. The second-order valence-electron chi connectivity index (χ2n) is 7.38. The van der Waals surface area contributed by atoms with E-state index in [1.165, 1.54) is 34.1 Å². The van der Waals surface area contributed by atoms with Crippen LogP contribution in [-0.2, 0) is 27.1 Å². The number of aromatic nitrogens is 5. The Labute approximate surface area is 187 Å². The fourth-order valence-electron chi connectivity index (χ4n) is 3.80. The molecule has 5 aromatic rings. The Morgan fingerprint density at radius 3 is 2.52 bits per heavy atom. The first-order valence-electron chi connectivity index (χ1n) is 9.59. The van der Waals surface area contributed by atoms with Gasteiger partial charge < -0.3 is 12.4 Å². The van der Waals surface area contributed by atoms with Crippen LogP contribution in [0.5, 0.6) is 0 Å². The van der Waals surface area contributed by atoms with E-state index in [2.05, 4.69) is 33.9 Å². The number of nitrogens with zero attached hydrogens (tertiary/aromatic N) is 5. The van der Waals surface area contributed by atoms with Gasteiger partial charge in [0.05, 0.1) is 0 Å². The van der Waals surface area contributed by atoms with Crippen LogP contribution in [0.2, 0.25) is 0 Å². The molecule has 0 bridgehead atoms. The summed E-state index contributed by atoms with van der Waals surface area (Å²) in [5, 5.41) is 2.02. The van der Waals surface area contributed by atoms with Crippen LogP contribution in [-0.4, -0.2) is 18.5 Å². The van der Waals surface area contributed by atoms with Crippen molar-refractivity contribution in [2.75, 3.05) is 0 Å². The highest BCUT2D eigenvalue weighted by atomic mass is 35.5. The summed E-state index contributed by atoms with van der Waals surface area (Å²) in [6.45, 7) is 0.597. The van der Waals surface area contributed by atoms with E-state index < -0.39 is 0 Å². The zero-order valence-electron chi connectivity index (χ0n) is 17.0. The summed E-state index contributed by atoms with van der Waals surface area (Å²) in [5.74, 6) is 0. The first-order valence-corrected chi connectivity index (χ1v) is 10.5. The molecule has 0 N–H and O–H groups in total. The number of halogens is 1. The standard InChI is InChI=1S/C22H20N5O2S.ClH/c1-24-19-18(20(28)25(2)22(24)29)27-17(14-30-21(27)23-19)13-26-10-6-9-16(12-26)11-15-7-4-3-5-8-15;/h3-10,12,14H,11,13H2,1-2H3;1H/q+1;/p-1. The first-order chi connectivity index (χ1) is 14.5. The van der Waals surface area contributed by atoms with Crippen molar-refractivity contribution in [2.24, 2.45) is 14.1 Å². The molecule has 7 nitrogen and oxygen atoms in total. The number of hydrogen-bond donors (Lipinski definition) is 0. The lowest BCUT2D eigenvalue weighted by atomic mass is 10.1. The van der Waals surface area contributed by atoms with E-state index in [1.54, 1.807) is 7.05 Å². The van der Waals surface area contributed by atoms with Crippen LogP contribution in [0.1, 0.15) is 16.8 Å². The first kappa shape index (κ1) is 21.0. The summed E-state index contributed by atoms with van der Waals surface area (Å²) in [4.78, 5) is 30.3. The zero-order chi connectivity index (χ0) is 20.8. The number of hydrogen-bond acceptors (Lipinski definition) is 4. The van der Waals surface area contributed by atoms with E-state index in [-0.39, 0.29) is 23.7 Å². The third-order valence-electron chi connectivity index (χ3n) is 5.33. The van der Waals surface area contributed by atoms with Gasteiger partial charge in [0.1, 0.15) is 5.69 Å². The topological polar surface area (TPSA) is 65.2 Å². The molecular formula is C22H20ClN5O2S. The van der Waals surface area contributed by atoms with Gasteiger partial charge in [0.15, 0.2) is 35.1 Å². The minimum atomic E-state index is -0.372. The van der Waals surface area contributed by atoms with Crippen molar-refractivity contribution >= 4 is 27.5 Å². The number of fused-ring (bicyclic) bond motifs is 3. The Morgan fingerprint density at radius 1 is 1.00 bits per heavy atom. The van der Waals surface area contributed by atoms with Gasteiger partial charge in [-0.25, -0.2) is 9.78 Å². The number of thiazole rings is 1. The third-order valence-corrected chi connectivity index (χ3v) is 6.20. The predicted octanol–water partition coefficient (Wildman–Crippen LogP) is -1.12. The number of rotatable bonds is 4. The minimum absolute atomic E-state index is 0. The van der Waals surface area contributed by atoms with Crippen molar-refractivity contribution in [3.05, 3.63) is 97.9 Å². The molecule has 0 saturated carbocycles. The molecule has 0 aliphatic heterocycles. The van der Waals surface area contributed by atoms with Gasteiger partial charge in [-0.2, -0.15) is 4.57 Å². The maximum atomic E-state index is 12.8. The van der Waals surface area contributed by atoms with E-state index in [9.17, 15) is 9.59 Å². The molecule has 0 aliphatic rings. The van der Waals surface area contributed by atoms with E-state index >= 15 is 0 Å². The fourth-order valence-corrected chi connectivity index (χ4v) is 4.67. The molecule has 0 amide bonds. The molecule has 1 aromatic carbocycles. The monoisotopic (exact) mass is 453 g/mol. The number of pyridine rings is 1. The molecule has 0 aliphatic carbocycles. The minimum Gasteiger partial charge on any atom is -1.00 e. The van der Waals surface area contributed by atoms with Gasteiger partial charge in [-0.1, -0.05) is 30.3 Å². The Kier molecular flexibility index (Phi) is 5.51. The van der Waals surface area contributed by atoms with E-state index in [0.717, 1.165) is 16.7 Å². The van der Waals surface area contributed by atoms with Gasteiger partial charge in [0.2, 0.25) is 0 Å². The average molecular weight is 454 g/mol. The van der Waals surface area contributed by atoms with Crippen molar-refractivity contribution in [1.29, 1.82) is 0 Å². The van der Waals surface area contributed by atoms with Crippen molar-refractivity contribution in [1.82, 2.24) is 18.5 Å². The SMILES string of the molecule is Cn1c(=O)c2c(nc3scc(C[n+]4cccc(Cc5ccccc5)c4)n32)n(C)c1=O.[Cl-]. The number of imidazole rings is 1. The molecule has 4 heterocycles. The Balaban J connectivity index is 0.00000231. The predicted molar refractivity (Wildman–Crippen MR) is 116 cm³/mol. The Bertz CT molecular complexity index is 1510. The van der Waals surface area contributed by atoms with E-state index in [0.29, 0.717) is 22.7 Å². The van der Waals surface area contributed by atoms with Crippen molar-refractivity contribution < 1.29 is 17.0 Å². The lowest BCUT2D eigenvalue weighted by molar-refractivity contribution is -0.689. The largest absolute Gasteiger partial charge is 1.00 e. The lowest BCUT2D eigenvalue weighted by Crippen LogP contribution is -3.00. The van der Waals surface area contributed by atoms with Crippen molar-refractivity contribution in [3.63, 3.8) is 0 Å². The summed E-state index contributed by atoms with van der Waals surface area (Å²) in [6, 6.07) is 14.5. The molecule has 5 rings (SSSR count). The Hall–Kier alpha value is -3.23. The number of benzene rings is 1. The highest BCUT2D eigenvalue weighted by Gasteiger charge is 2.20. The van der Waals surface area contributed by atoms with Gasteiger partial charge in [0, 0.05) is 37.5 Å². The highest BCUT2D eigenvalue weighted by Crippen LogP contribution is 2.20. The Morgan fingerprint density at radius 2 is 1.74 bits per heavy atom. The van der Waals surface area contributed by atoms with E-state index in [4.69, 9.17) is 0 Å². The maximum Gasteiger partial charge on any atom is 0.332 e. The van der Waals surface area contributed by atoms with Crippen LogP contribution < -0.4 is 28.2 Å². The van der Waals surface area contributed by atoms with Crippen molar-refractivity contribution in [3.8, 4) is 0 Å². The molecule has 31 heavy (non-hydrogen) atoms. The average Bonchev–Trinajstić information content (AvgIpc) is 3.32. The van der Waals surface area contributed by atoms with E-state index in [1.807, 2.05) is 40.2 Å². The summed E-state index contributed by atoms with van der Waals surface area (Å²) in [6.07, 6.45) is 5.01. The smallest absolute Gasteiger partial charge is 0.332 e. The molecule has 0 spiro atoms. The van der Waals surface area contributed by atoms with Gasteiger partial charge in [0.25, 0.3) is 5.56 Å². The van der Waals surface area contributed by atoms with Crippen LogP contribution in [0.4, 0.5) is 0 Å². The zero-order valence-corrected chi connectivity index (χ0v) is 18.6. The molecule has 0 fully saturated rings. The fraction of sp³-hybridized carbons (Fsp3) is 0.182. The lowest BCUT2D eigenvalue weighted by Gasteiger charge is -2.04. The molecule has 158 valence electrons. The molecule has 0 radical (unpaired) electrons. The molecule has 9 heteroatoms. The van der Waals surface area contributed by atoms with Crippen molar-refractivity contribution in [2.45, 2.75) is 13.0 Å². The highest BCUT2D eigenvalue weighted by molar-refractivity contribution is 7.15. The summed E-state index contributed by atoms with van der Waals surface area (Å²) in [5.41, 5.74) is 3.58. The van der Waals surface area contributed by atoms with Gasteiger partial charge in [-0.3, -0.25) is 18.3 Å². The third kappa shape index (κ3) is 3.58. The molecular weight excluding hydrogens is 434 g/mol. The van der Waals surface area contributed by atoms with Crippen LogP contribution >= 0.6 is 11.3 Å². The molecule has 0 atom stereocenters. The van der Waals surface area contributed by atoms with Crippen LogP contribution in [0.25, 0.3) is 16.1 Å². The van der Waals surface area contributed by atoms with Gasteiger partial charge >= 0.3 is 5.69 Å². The van der Waals surface area contributed by atoms with Crippen LogP contribution in [0.15, 0.2) is 69.8 Å². The maximum absolute atomic E-state index is 12.8. The summed E-state index contributed by atoms with van der Waals surface area (Å²) < 4.78 is 6.54. The van der Waals surface area contributed by atoms with Crippen LogP contribution in [0.3, 0.4) is 0 Å². The quantitative estimate of drug-likeness (QED) is 0.324. The normalized spacial score (nSPS) is 11.2. The molecule has 0 unspecified atom stereocenters. The van der Waals surface area contributed by atoms with Gasteiger partial charge in [-0.05, 0) is 11.6 Å². The second-order valence-corrected chi connectivity index (χ2v) is 8.22. The second kappa shape index (κ2) is 8.13. The summed E-state index contributed by atoms with van der Waals surface area (Å²) in [7, 11) is 3.14. The number of aryl methyl sites for hydroxylation is 1. The van der Waals surface area contributed by atoms with Crippen LogP contribution in [0, 0.1) is 0 Å².